The van der Waals surface area contributed by atoms with E-state index in [1.54, 1.807) is 12.4 Å². The fourth-order valence-corrected chi connectivity index (χ4v) is 2.50. The molecule has 1 aliphatic heterocycles. The van der Waals surface area contributed by atoms with Crippen molar-refractivity contribution >= 4 is 11.6 Å². The lowest BCUT2D eigenvalue weighted by Gasteiger charge is -2.28. The van der Waals surface area contributed by atoms with Gasteiger partial charge in [-0.2, -0.15) is 0 Å². The lowest BCUT2D eigenvalue weighted by Crippen LogP contribution is -2.29. The van der Waals surface area contributed by atoms with Gasteiger partial charge in [0.2, 0.25) is 5.95 Å². The third kappa shape index (κ3) is 2.67. The van der Waals surface area contributed by atoms with E-state index in [2.05, 4.69) is 39.1 Å². The zero-order valence-corrected chi connectivity index (χ0v) is 10.9. The lowest BCUT2D eigenvalue weighted by atomic mass is 10.1. The number of hydrogen-bond donors (Lipinski definition) is 1. The van der Waals surface area contributed by atoms with Gasteiger partial charge in [0.25, 0.3) is 0 Å². The fraction of sp³-hybridized carbons (Fsp3) is 0.333. The Labute approximate surface area is 113 Å². The maximum atomic E-state index is 5.50. The molecular weight excluding hydrogens is 236 g/mol. The van der Waals surface area contributed by atoms with Crippen LogP contribution in [0.15, 0.2) is 36.7 Å². The van der Waals surface area contributed by atoms with Crippen molar-refractivity contribution in [3.63, 3.8) is 0 Å². The van der Waals surface area contributed by atoms with Gasteiger partial charge in [-0.3, -0.25) is 0 Å². The molecule has 1 aliphatic rings. The highest BCUT2D eigenvalue weighted by Crippen LogP contribution is 2.24. The highest BCUT2D eigenvalue weighted by molar-refractivity contribution is 5.65. The summed E-state index contributed by atoms with van der Waals surface area (Å²) in [6, 6.07) is 8.60. The van der Waals surface area contributed by atoms with E-state index in [1.807, 2.05) is 0 Å². The first kappa shape index (κ1) is 12.0. The Kier molecular flexibility index (Phi) is 3.31. The largest absolute Gasteiger partial charge is 0.372 e. The maximum Gasteiger partial charge on any atom is 0.219 e. The predicted molar refractivity (Wildman–Crippen MR) is 77.9 cm³/mol. The molecule has 4 heteroatoms. The van der Waals surface area contributed by atoms with Crippen LogP contribution < -0.4 is 10.6 Å². The van der Waals surface area contributed by atoms with Crippen LogP contribution in [0.2, 0.25) is 0 Å². The molecule has 2 aromatic rings. The molecule has 0 amide bonds. The predicted octanol–water partition coefficient (Wildman–Crippen LogP) is 2.72. The van der Waals surface area contributed by atoms with Crippen LogP contribution >= 0.6 is 0 Å². The van der Waals surface area contributed by atoms with Gasteiger partial charge in [0, 0.05) is 36.7 Å². The van der Waals surface area contributed by atoms with Crippen molar-refractivity contribution in [2.24, 2.45) is 0 Å². The second kappa shape index (κ2) is 5.26. The number of aromatic nitrogens is 2. The smallest absolute Gasteiger partial charge is 0.219 e. The van der Waals surface area contributed by atoms with Crippen LogP contribution in [0, 0.1) is 0 Å². The zero-order chi connectivity index (χ0) is 13.1. The van der Waals surface area contributed by atoms with Crippen LogP contribution in [0.3, 0.4) is 0 Å². The first-order valence-corrected chi connectivity index (χ1v) is 6.76. The van der Waals surface area contributed by atoms with Crippen LogP contribution in [0.25, 0.3) is 11.1 Å². The van der Waals surface area contributed by atoms with Crippen LogP contribution in [0.4, 0.5) is 11.6 Å². The van der Waals surface area contributed by atoms with Gasteiger partial charge in [-0.15, -0.1) is 0 Å². The first-order valence-electron chi connectivity index (χ1n) is 6.76. The minimum absolute atomic E-state index is 0.314. The Morgan fingerprint density at radius 2 is 1.47 bits per heavy atom. The molecule has 0 radical (unpaired) electrons. The van der Waals surface area contributed by atoms with Gasteiger partial charge in [-0.1, -0.05) is 12.1 Å². The van der Waals surface area contributed by atoms with E-state index in [-0.39, 0.29) is 0 Å². The molecule has 3 rings (SSSR count). The van der Waals surface area contributed by atoms with E-state index < -0.39 is 0 Å². The van der Waals surface area contributed by atoms with E-state index in [4.69, 9.17) is 5.73 Å². The van der Waals surface area contributed by atoms with Gasteiger partial charge >= 0.3 is 0 Å². The van der Waals surface area contributed by atoms with E-state index >= 15 is 0 Å². The molecule has 19 heavy (non-hydrogen) atoms. The second-order valence-electron chi connectivity index (χ2n) is 4.92. The van der Waals surface area contributed by atoms with E-state index in [1.165, 1.54) is 38.0 Å². The van der Waals surface area contributed by atoms with E-state index in [0.29, 0.717) is 5.95 Å². The number of nitrogens with two attached hydrogens (primary N) is 1. The summed E-state index contributed by atoms with van der Waals surface area (Å²) in [5, 5.41) is 0. The summed E-state index contributed by atoms with van der Waals surface area (Å²) in [5.74, 6) is 0.314. The normalized spacial score (nSPS) is 15.5. The van der Waals surface area contributed by atoms with Gasteiger partial charge in [0.1, 0.15) is 0 Å². The first-order chi connectivity index (χ1) is 9.33. The van der Waals surface area contributed by atoms with Crippen LogP contribution in [0.1, 0.15) is 19.3 Å². The zero-order valence-electron chi connectivity index (χ0n) is 10.9. The summed E-state index contributed by atoms with van der Waals surface area (Å²) >= 11 is 0. The SMILES string of the molecule is Nc1ncc(-c2ccc(N3CCCCC3)cc2)cn1. The van der Waals surface area contributed by atoms with Gasteiger partial charge in [0.05, 0.1) is 0 Å². The average Bonchev–Trinajstić information content (AvgIpc) is 2.49. The van der Waals surface area contributed by atoms with Crippen LogP contribution in [0.5, 0.6) is 0 Å². The van der Waals surface area contributed by atoms with E-state index in [9.17, 15) is 0 Å². The number of rotatable bonds is 2. The summed E-state index contributed by atoms with van der Waals surface area (Å²) in [6.45, 7) is 2.34. The summed E-state index contributed by atoms with van der Waals surface area (Å²) in [7, 11) is 0. The average molecular weight is 254 g/mol. The Morgan fingerprint density at radius 3 is 2.11 bits per heavy atom. The number of hydrogen-bond acceptors (Lipinski definition) is 4. The number of piperidine rings is 1. The minimum atomic E-state index is 0.314. The molecule has 0 aliphatic carbocycles. The highest BCUT2D eigenvalue weighted by Gasteiger charge is 2.10. The molecule has 1 saturated heterocycles. The molecule has 0 saturated carbocycles. The molecule has 1 aromatic carbocycles. The van der Waals surface area contributed by atoms with Gasteiger partial charge in [0.15, 0.2) is 0 Å². The molecular formula is C15H18N4. The lowest BCUT2D eigenvalue weighted by molar-refractivity contribution is 0.578. The second-order valence-corrected chi connectivity index (χ2v) is 4.92. The van der Waals surface area contributed by atoms with E-state index in [0.717, 1.165) is 11.1 Å². The molecule has 98 valence electrons. The van der Waals surface area contributed by atoms with Crippen LogP contribution in [-0.2, 0) is 0 Å². The maximum absolute atomic E-state index is 5.50. The summed E-state index contributed by atoms with van der Waals surface area (Å²) < 4.78 is 0. The number of anilines is 2. The molecule has 2 N–H and O–H groups in total. The monoisotopic (exact) mass is 254 g/mol. The van der Waals surface area contributed by atoms with Gasteiger partial charge in [-0.25, -0.2) is 9.97 Å². The Morgan fingerprint density at radius 1 is 0.842 bits per heavy atom. The van der Waals surface area contributed by atoms with Crippen LogP contribution in [-0.4, -0.2) is 23.1 Å². The third-order valence-electron chi connectivity index (χ3n) is 3.59. The number of nitrogens with zero attached hydrogens (tertiary/aromatic N) is 3. The summed E-state index contributed by atoms with van der Waals surface area (Å²) in [5.41, 5.74) is 8.93. The standard InChI is InChI=1S/C15H18N4/c16-15-17-10-13(11-18-15)12-4-6-14(7-5-12)19-8-2-1-3-9-19/h4-7,10-11H,1-3,8-9H2,(H2,16,17,18). The number of nitrogen functional groups attached to an aromatic ring is 1. The van der Waals surface area contributed by atoms with Crippen molar-refractivity contribution in [3.8, 4) is 11.1 Å². The number of benzene rings is 1. The molecule has 0 bridgehead atoms. The Hall–Kier alpha value is -2.10. The molecule has 0 unspecified atom stereocenters. The van der Waals surface area contributed by atoms with Crippen molar-refractivity contribution in [2.45, 2.75) is 19.3 Å². The Bertz CT molecular complexity index is 527. The highest BCUT2D eigenvalue weighted by atomic mass is 15.1. The fourth-order valence-electron chi connectivity index (χ4n) is 2.50. The van der Waals surface area contributed by atoms with Crippen molar-refractivity contribution in [1.29, 1.82) is 0 Å². The van der Waals surface area contributed by atoms with Crippen molar-refractivity contribution in [1.82, 2.24) is 9.97 Å². The quantitative estimate of drug-likeness (QED) is 0.895. The minimum Gasteiger partial charge on any atom is -0.372 e. The Balaban J connectivity index is 1.80. The molecule has 2 heterocycles. The third-order valence-corrected chi connectivity index (χ3v) is 3.59. The van der Waals surface area contributed by atoms with Crippen molar-refractivity contribution in [2.75, 3.05) is 23.7 Å². The topological polar surface area (TPSA) is 55.0 Å². The van der Waals surface area contributed by atoms with Crippen molar-refractivity contribution in [3.05, 3.63) is 36.7 Å². The molecule has 0 atom stereocenters. The molecule has 4 nitrogen and oxygen atoms in total. The van der Waals surface area contributed by atoms with Gasteiger partial charge < -0.3 is 10.6 Å². The molecule has 0 spiro atoms. The summed E-state index contributed by atoms with van der Waals surface area (Å²) in [4.78, 5) is 10.5. The molecule has 1 aromatic heterocycles. The summed E-state index contributed by atoms with van der Waals surface area (Å²) in [6.07, 6.45) is 7.48. The van der Waals surface area contributed by atoms with Gasteiger partial charge in [-0.05, 0) is 37.0 Å². The molecule has 1 fully saturated rings. The van der Waals surface area contributed by atoms with Crippen molar-refractivity contribution < 1.29 is 0 Å².